The summed E-state index contributed by atoms with van der Waals surface area (Å²) in [4.78, 5) is 14.0. The smallest absolute Gasteiger partial charge is 0.239 e. The van der Waals surface area contributed by atoms with Gasteiger partial charge in [-0.3, -0.25) is 4.79 Å². The first-order valence-electron chi connectivity index (χ1n) is 6.84. The molecule has 0 aliphatic carbocycles. The van der Waals surface area contributed by atoms with Crippen LogP contribution in [0.5, 0.6) is 0 Å². The van der Waals surface area contributed by atoms with Crippen LogP contribution < -0.4 is 5.32 Å². The van der Waals surface area contributed by atoms with E-state index in [1.165, 1.54) is 0 Å². The largest absolute Gasteiger partial charge is 0.395 e. The van der Waals surface area contributed by atoms with Gasteiger partial charge in [-0.05, 0) is 25.3 Å². The lowest BCUT2D eigenvalue weighted by Crippen LogP contribution is -2.51. The molecule has 2 atom stereocenters. The Morgan fingerprint density at radius 3 is 2.89 bits per heavy atom. The minimum atomic E-state index is -0.0906. The molecule has 5 heteroatoms. The van der Waals surface area contributed by atoms with Crippen LogP contribution in [0.4, 0.5) is 0 Å². The summed E-state index contributed by atoms with van der Waals surface area (Å²) in [5.74, 6) is 0.734. The molecule has 2 N–H and O–H groups in total. The molecule has 0 aromatic rings. The molecule has 1 amide bonds. The van der Waals surface area contributed by atoms with E-state index in [0.29, 0.717) is 25.6 Å². The maximum Gasteiger partial charge on any atom is 0.239 e. The van der Waals surface area contributed by atoms with Crippen LogP contribution in [0.1, 0.15) is 26.2 Å². The quantitative estimate of drug-likeness (QED) is 0.686. The highest BCUT2D eigenvalue weighted by molar-refractivity contribution is 5.82. The van der Waals surface area contributed by atoms with E-state index in [-0.39, 0.29) is 18.6 Å². The van der Waals surface area contributed by atoms with Gasteiger partial charge in [-0.15, -0.1) is 0 Å². The summed E-state index contributed by atoms with van der Waals surface area (Å²) in [6.45, 7) is 4.52. The summed E-state index contributed by atoms with van der Waals surface area (Å²) in [7, 11) is 1.62. The number of aliphatic hydroxyl groups excluding tert-OH is 1. The molecular formula is C13H26N2O3. The molecule has 0 radical (unpaired) electrons. The summed E-state index contributed by atoms with van der Waals surface area (Å²) in [6.07, 6.45) is 3.19. The third-order valence-corrected chi connectivity index (χ3v) is 3.63. The lowest BCUT2D eigenvalue weighted by atomic mass is 9.90. The Morgan fingerprint density at radius 2 is 2.28 bits per heavy atom. The number of amides is 1. The van der Waals surface area contributed by atoms with E-state index in [0.717, 1.165) is 25.8 Å². The minimum absolute atomic E-state index is 0.000614. The van der Waals surface area contributed by atoms with Crippen LogP contribution in [0.3, 0.4) is 0 Å². The normalized spacial score (nSPS) is 23.9. The van der Waals surface area contributed by atoms with E-state index in [1.807, 2.05) is 0 Å². The van der Waals surface area contributed by atoms with E-state index in [1.54, 1.807) is 12.0 Å². The number of rotatable bonds is 7. The standard InChI is InChI=1S/C13H26N2O3/c1-3-11-4-5-14-12(10-11)13(17)15(6-8-16)7-9-18-2/h11-12,14,16H,3-10H2,1-2H3. The SMILES string of the molecule is CCC1CCNC(C(=O)N(CCO)CCOC)C1. The van der Waals surface area contributed by atoms with Crippen molar-refractivity contribution in [1.29, 1.82) is 0 Å². The number of hydrogen-bond donors (Lipinski definition) is 2. The van der Waals surface area contributed by atoms with Gasteiger partial charge < -0.3 is 20.1 Å². The summed E-state index contributed by atoms with van der Waals surface area (Å²) in [6, 6.07) is -0.0906. The highest BCUT2D eigenvalue weighted by Gasteiger charge is 2.28. The summed E-state index contributed by atoms with van der Waals surface area (Å²) >= 11 is 0. The molecule has 0 bridgehead atoms. The zero-order valence-corrected chi connectivity index (χ0v) is 11.5. The number of aliphatic hydroxyl groups is 1. The Labute approximate surface area is 109 Å². The van der Waals surface area contributed by atoms with Gasteiger partial charge in [0, 0.05) is 20.2 Å². The Morgan fingerprint density at radius 1 is 1.50 bits per heavy atom. The van der Waals surface area contributed by atoms with Gasteiger partial charge in [-0.1, -0.05) is 13.3 Å². The Bertz CT molecular complexity index is 242. The average Bonchev–Trinajstić information content (AvgIpc) is 2.42. The molecule has 1 aliphatic heterocycles. The van der Waals surface area contributed by atoms with Gasteiger partial charge in [0.05, 0.1) is 19.3 Å². The molecule has 0 saturated carbocycles. The number of carbonyl (C=O) groups excluding carboxylic acids is 1. The number of carbonyl (C=O) groups is 1. The first-order chi connectivity index (χ1) is 8.72. The molecular weight excluding hydrogens is 232 g/mol. The van der Waals surface area contributed by atoms with E-state index in [9.17, 15) is 4.79 Å². The molecule has 106 valence electrons. The Balaban J connectivity index is 2.52. The van der Waals surface area contributed by atoms with E-state index >= 15 is 0 Å². The van der Waals surface area contributed by atoms with Crippen molar-refractivity contribution in [2.75, 3.05) is 40.0 Å². The second-order valence-electron chi connectivity index (χ2n) is 4.85. The molecule has 18 heavy (non-hydrogen) atoms. The number of methoxy groups -OCH3 is 1. The maximum absolute atomic E-state index is 12.4. The van der Waals surface area contributed by atoms with Crippen molar-refractivity contribution in [3.63, 3.8) is 0 Å². The Hall–Kier alpha value is -0.650. The third kappa shape index (κ3) is 4.55. The van der Waals surface area contributed by atoms with Crippen LogP contribution in [0.15, 0.2) is 0 Å². The molecule has 1 rings (SSSR count). The first-order valence-corrected chi connectivity index (χ1v) is 6.84. The Kier molecular flexibility index (Phi) is 7.23. The topological polar surface area (TPSA) is 61.8 Å². The van der Waals surface area contributed by atoms with Gasteiger partial charge in [-0.2, -0.15) is 0 Å². The number of nitrogens with one attached hydrogen (secondary N) is 1. The van der Waals surface area contributed by atoms with Crippen molar-refractivity contribution in [3.8, 4) is 0 Å². The second kappa shape index (κ2) is 8.45. The third-order valence-electron chi connectivity index (χ3n) is 3.63. The zero-order valence-electron chi connectivity index (χ0n) is 11.5. The molecule has 1 fully saturated rings. The van der Waals surface area contributed by atoms with Gasteiger partial charge >= 0.3 is 0 Å². The van der Waals surface area contributed by atoms with Crippen molar-refractivity contribution in [2.45, 2.75) is 32.2 Å². The van der Waals surface area contributed by atoms with Crippen molar-refractivity contribution in [2.24, 2.45) is 5.92 Å². The first kappa shape index (κ1) is 15.4. The van der Waals surface area contributed by atoms with Crippen LogP contribution >= 0.6 is 0 Å². The van der Waals surface area contributed by atoms with E-state index in [4.69, 9.17) is 9.84 Å². The number of piperidine rings is 1. The van der Waals surface area contributed by atoms with Crippen molar-refractivity contribution < 1.29 is 14.6 Å². The van der Waals surface area contributed by atoms with Crippen LogP contribution in [0.25, 0.3) is 0 Å². The number of ether oxygens (including phenoxy) is 1. The van der Waals surface area contributed by atoms with Gasteiger partial charge in [-0.25, -0.2) is 0 Å². The fraction of sp³-hybridized carbons (Fsp3) is 0.923. The van der Waals surface area contributed by atoms with Gasteiger partial charge in [0.15, 0.2) is 0 Å². The zero-order chi connectivity index (χ0) is 13.4. The fourth-order valence-corrected chi connectivity index (χ4v) is 2.43. The lowest BCUT2D eigenvalue weighted by Gasteiger charge is -2.33. The van der Waals surface area contributed by atoms with Crippen LogP contribution in [-0.4, -0.2) is 61.9 Å². The number of nitrogens with zero attached hydrogens (tertiary/aromatic N) is 1. The van der Waals surface area contributed by atoms with Crippen molar-refractivity contribution in [3.05, 3.63) is 0 Å². The molecule has 1 saturated heterocycles. The van der Waals surface area contributed by atoms with Crippen LogP contribution in [0.2, 0.25) is 0 Å². The minimum Gasteiger partial charge on any atom is -0.395 e. The molecule has 0 aromatic heterocycles. The van der Waals surface area contributed by atoms with E-state index < -0.39 is 0 Å². The molecule has 5 nitrogen and oxygen atoms in total. The predicted molar refractivity (Wildman–Crippen MR) is 70.3 cm³/mol. The average molecular weight is 258 g/mol. The summed E-state index contributed by atoms with van der Waals surface area (Å²) < 4.78 is 5.00. The molecule has 1 heterocycles. The predicted octanol–water partition coefficient (Wildman–Crippen LogP) is 0.232. The van der Waals surface area contributed by atoms with Gasteiger partial charge in [0.25, 0.3) is 0 Å². The van der Waals surface area contributed by atoms with E-state index in [2.05, 4.69) is 12.2 Å². The van der Waals surface area contributed by atoms with Crippen molar-refractivity contribution in [1.82, 2.24) is 10.2 Å². The van der Waals surface area contributed by atoms with Gasteiger partial charge in [0.1, 0.15) is 0 Å². The van der Waals surface area contributed by atoms with Crippen LogP contribution in [-0.2, 0) is 9.53 Å². The summed E-state index contributed by atoms with van der Waals surface area (Å²) in [5, 5.41) is 12.3. The maximum atomic E-state index is 12.4. The van der Waals surface area contributed by atoms with Gasteiger partial charge in [0.2, 0.25) is 5.91 Å². The molecule has 1 aliphatic rings. The monoisotopic (exact) mass is 258 g/mol. The van der Waals surface area contributed by atoms with Crippen LogP contribution in [0, 0.1) is 5.92 Å². The second-order valence-corrected chi connectivity index (χ2v) is 4.85. The molecule has 2 unspecified atom stereocenters. The highest BCUT2D eigenvalue weighted by Crippen LogP contribution is 2.20. The number of hydrogen-bond acceptors (Lipinski definition) is 4. The lowest BCUT2D eigenvalue weighted by molar-refractivity contribution is -0.135. The molecule has 0 aromatic carbocycles. The highest BCUT2D eigenvalue weighted by atomic mass is 16.5. The summed E-state index contributed by atoms with van der Waals surface area (Å²) in [5.41, 5.74) is 0. The van der Waals surface area contributed by atoms with Crippen molar-refractivity contribution >= 4 is 5.91 Å². The fourth-order valence-electron chi connectivity index (χ4n) is 2.43. The molecule has 0 spiro atoms.